The zero-order valence-electron chi connectivity index (χ0n) is 17.0. The average Bonchev–Trinajstić information content (AvgIpc) is 2.67. The molecule has 2 aromatic rings. The molecule has 0 fully saturated rings. The van der Waals surface area contributed by atoms with Crippen LogP contribution in [0.2, 0.25) is 0 Å². The quantitative estimate of drug-likeness (QED) is 0.600. The third-order valence-corrected chi connectivity index (χ3v) is 4.32. The molecule has 0 spiro atoms. The van der Waals surface area contributed by atoms with Crippen LogP contribution in [0.25, 0.3) is 6.08 Å². The van der Waals surface area contributed by atoms with Crippen molar-refractivity contribution in [1.29, 1.82) is 5.26 Å². The Hall–Kier alpha value is -3.46. The topological polar surface area (TPSA) is 80.6 Å². The third-order valence-electron chi connectivity index (χ3n) is 4.32. The number of rotatable bonds is 6. The molecule has 0 aromatic heterocycles. The Morgan fingerprint density at radius 1 is 0.929 bits per heavy atom. The van der Waals surface area contributed by atoms with Gasteiger partial charge in [-0.3, -0.25) is 4.79 Å². The van der Waals surface area contributed by atoms with Crippen LogP contribution in [-0.4, -0.2) is 27.2 Å². The fourth-order valence-corrected chi connectivity index (χ4v) is 3.03. The summed E-state index contributed by atoms with van der Waals surface area (Å²) in [5.74, 6) is 0.929. The van der Waals surface area contributed by atoms with Gasteiger partial charge < -0.3 is 19.5 Å². The second-order valence-electron chi connectivity index (χ2n) is 6.35. The molecule has 0 aliphatic rings. The van der Waals surface area contributed by atoms with Gasteiger partial charge in [-0.05, 0) is 44.0 Å². The van der Waals surface area contributed by atoms with E-state index in [0.29, 0.717) is 28.5 Å². The highest BCUT2D eigenvalue weighted by atomic mass is 16.5. The molecule has 0 bridgehead atoms. The van der Waals surface area contributed by atoms with Crippen LogP contribution < -0.4 is 19.5 Å². The van der Waals surface area contributed by atoms with E-state index in [2.05, 4.69) is 5.32 Å². The first kappa shape index (κ1) is 20.8. The molecule has 0 atom stereocenters. The van der Waals surface area contributed by atoms with Gasteiger partial charge in [0.1, 0.15) is 17.4 Å². The van der Waals surface area contributed by atoms with Gasteiger partial charge in [0.25, 0.3) is 5.91 Å². The standard InChI is InChI=1S/C22H24N2O4/c1-13-7-14(2)21(15(3)8-13)24-22(25)17(12-23)9-16-10-19(27-5)20(28-6)11-18(16)26-4/h7-11H,1-6H3,(H,24,25)/b17-9+. The van der Waals surface area contributed by atoms with Gasteiger partial charge in [-0.25, -0.2) is 0 Å². The number of ether oxygens (including phenoxy) is 3. The molecule has 28 heavy (non-hydrogen) atoms. The summed E-state index contributed by atoms with van der Waals surface area (Å²) in [5, 5.41) is 12.4. The number of hydrogen-bond acceptors (Lipinski definition) is 5. The zero-order valence-corrected chi connectivity index (χ0v) is 17.0. The highest BCUT2D eigenvalue weighted by molar-refractivity contribution is 6.10. The number of anilines is 1. The minimum atomic E-state index is -0.491. The fraction of sp³-hybridized carbons (Fsp3) is 0.273. The Balaban J connectivity index is 2.44. The number of amides is 1. The summed E-state index contributed by atoms with van der Waals surface area (Å²) in [7, 11) is 4.54. The molecule has 6 heteroatoms. The average molecular weight is 380 g/mol. The summed E-state index contributed by atoms with van der Waals surface area (Å²) in [6.07, 6.45) is 1.47. The normalized spacial score (nSPS) is 10.8. The van der Waals surface area contributed by atoms with Crippen LogP contribution in [0, 0.1) is 32.1 Å². The Bertz CT molecular complexity index is 948. The number of nitrogens with zero attached hydrogens (tertiary/aromatic N) is 1. The van der Waals surface area contributed by atoms with Gasteiger partial charge in [0.05, 0.1) is 21.3 Å². The molecule has 6 nitrogen and oxygen atoms in total. The molecule has 146 valence electrons. The highest BCUT2D eigenvalue weighted by Gasteiger charge is 2.16. The third kappa shape index (κ3) is 4.44. The van der Waals surface area contributed by atoms with Gasteiger partial charge in [-0.1, -0.05) is 17.7 Å². The van der Waals surface area contributed by atoms with Crippen molar-refractivity contribution in [1.82, 2.24) is 0 Å². The first-order valence-electron chi connectivity index (χ1n) is 8.65. The van der Waals surface area contributed by atoms with E-state index in [-0.39, 0.29) is 5.57 Å². The number of nitrogens with one attached hydrogen (secondary N) is 1. The van der Waals surface area contributed by atoms with Crippen LogP contribution >= 0.6 is 0 Å². The lowest BCUT2D eigenvalue weighted by Crippen LogP contribution is -2.15. The fourth-order valence-electron chi connectivity index (χ4n) is 3.03. The van der Waals surface area contributed by atoms with Crippen molar-refractivity contribution < 1.29 is 19.0 Å². The van der Waals surface area contributed by atoms with Crippen LogP contribution in [0.1, 0.15) is 22.3 Å². The van der Waals surface area contributed by atoms with E-state index in [9.17, 15) is 10.1 Å². The first-order valence-corrected chi connectivity index (χ1v) is 8.65. The second-order valence-corrected chi connectivity index (χ2v) is 6.35. The number of nitriles is 1. The van der Waals surface area contributed by atoms with Crippen molar-refractivity contribution in [2.24, 2.45) is 0 Å². The van der Waals surface area contributed by atoms with Crippen molar-refractivity contribution in [3.63, 3.8) is 0 Å². The zero-order chi connectivity index (χ0) is 20.8. The van der Waals surface area contributed by atoms with E-state index < -0.39 is 5.91 Å². The lowest BCUT2D eigenvalue weighted by molar-refractivity contribution is -0.112. The summed E-state index contributed by atoms with van der Waals surface area (Å²) < 4.78 is 15.9. The summed E-state index contributed by atoms with van der Waals surface area (Å²) in [4.78, 5) is 12.7. The minimum Gasteiger partial charge on any atom is -0.496 e. The number of methoxy groups -OCH3 is 3. The first-order chi connectivity index (χ1) is 13.3. The van der Waals surface area contributed by atoms with Crippen molar-refractivity contribution >= 4 is 17.7 Å². The lowest BCUT2D eigenvalue weighted by Gasteiger charge is -2.14. The van der Waals surface area contributed by atoms with Crippen LogP contribution in [0.4, 0.5) is 5.69 Å². The predicted molar refractivity (Wildman–Crippen MR) is 109 cm³/mol. The maximum absolute atomic E-state index is 12.7. The predicted octanol–water partition coefficient (Wildman–Crippen LogP) is 4.18. The molecule has 0 radical (unpaired) electrons. The van der Waals surface area contributed by atoms with Crippen molar-refractivity contribution in [2.45, 2.75) is 20.8 Å². The number of aryl methyl sites for hydroxylation is 3. The van der Waals surface area contributed by atoms with Crippen molar-refractivity contribution in [3.8, 4) is 23.3 Å². The molecular formula is C22H24N2O4. The molecule has 0 saturated heterocycles. The van der Waals surface area contributed by atoms with Crippen molar-refractivity contribution in [2.75, 3.05) is 26.6 Å². The summed E-state index contributed by atoms with van der Waals surface area (Å²) in [5.41, 5.74) is 4.17. The molecule has 1 amide bonds. The van der Waals surface area contributed by atoms with E-state index in [1.165, 1.54) is 27.4 Å². The molecule has 2 aromatic carbocycles. The Labute approximate surface area is 165 Å². The second kappa shape index (κ2) is 8.96. The van der Waals surface area contributed by atoms with E-state index in [1.807, 2.05) is 39.0 Å². The molecule has 0 unspecified atom stereocenters. The smallest absolute Gasteiger partial charge is 0.266 e. The summed E-state index contributed by atoms with van der Waals surface area (Å²) in [6, 6.07) is 9.23. The Morgan fingerprint density at radius 3 is 1.96 bits per heavy atom. The van der Waals surface area contributed by atoms with Crippen molar-refractivity contribution in [3.05, 3.63) is 52.1 Å². The van der Waals surface area contributed by atoms with Gasteiger partial charge in [0.2, 0.25) is 0 Å². The molecule has 0 aliphatic heterocycles. The molecule has 0 heterocycles. The SMILES string of the molecule is COc1cc(OC)c(OC)cc1/C=C(\C#N)C(=O)Nc1c(C)cc(C)cc1C. The molecule has 0 saturated carbocycles. The minimum absolute atomic E-state index is 0.0510. The number of carbonyl (C=O) groups is 1. The van der Waals surface area contributed by atoms with E-state index >= 15 is 0 Å². The van der Waals surface area contributed by atoms with E-state index in [4.69, 9.17) is 14.2 Å². The van der Waals surface area contributed by atoms with Gasteiger partial charge in [-0.15, -0.1) is 0 Å². The van der Waals surface area contributed by atoms with Gasteiger partial charge in [0.15, 0.2) is 11.5 Å². The van der Waals surface area contributed by atoms with Crippen LogP contribution in [0.5, 0.6) is 17.2 Å². The molecular weight excluding hydrogens is 356 g/mol. The van der Waals surface area contributed by atoms with E-state index in [1.54, 1.807) is 12.1 Å². The van der Waals surface area contributed by atoms with Crippen LogP contribution in [0.15, 0.2) is 29.8 Å². The summed E-state index contributed by atoms with van der Waals surface area (Å²) in [6.45, 7) is 5.83. The molecule has 0 aliphatic carbocycles. The van der Waals surface area contributed by atoms with Gasteiger partial charge >= 0.3 is 0 Å². The van der Waals surface area contributed by atoms with E-state index in [0.717, 1.165) is 16.7 Å². The molecule has 1 N–H and O–H groups in total. The largest absolute Gasteiger partial charge is 0.496 e. The number of carbonyl (C=O) groups excluding carboxylic acids is 1. The maximum Gasteiger partial charge on any atom is 0.266 e. The van der Waals surface area contributed by atoms with Crippen LogP contribution in [-0.2, 0) is 4.79 Å². The monoisotopic (exact) mass is 380 g/mol. The van der Waals surface area contributed by atoms with Gasteiger partial charge in [-0.2, -0.15) is 5.26 Å². The lowest BCUT2D eigenvalue weighted by atomic mass is 10.0. The molecule has 2 rings (SSSR count). The highest BCUT2D eigenvalue weighted by Crippen LogP contribution is 2.35. The van der Waals surface area contributed by atoms with Crippen LogP contribution in [0.3, 0.4) is 0 Å². The Kier molecular flexibility index (Phi) is 6.67. The Morgan fingerprint density at radius 2 is 1.46 bits per heavy atom. The number of hydrogen-bond donors (Lipinski definition) is 1. The summed E-state index contributed by atoms with van der Waals surface area (Å²) >= 11 is 0. The maximum atomic E-state index is 12.7. The number of benzene rings is 2. The van der Waals surface area contributed by atoms with Gasteiger partial charge in [0, 0.05) is 17.3 Å².